The molecule has 0 spiro atoms. The third-order valence-corrected chi connectivity index (χ3v) is 2.89. The van der Waals surface area contributed by atoms with Gasteiger partial charge in [-0.3, -0.25) is 9.48 Å². The quantitative estimate of drug-likeness (QED) is 0.721. The summed E-state index contributed by atoms with van der Waals surface area (Å²) in [4.78, 5) is 15.3. The zero-order chi connectivity index (χ0) is 12.5. The summed E-state index contributed by atoms with van der Waals surface area (Å²) in [6.45, 7) is 0. The molecule has 0 saturated heterocycles. The summed E-state index contributed by atoms with van der Waals surface area (Å²) in [6, 6.07) is 9.33. The standard InChI is InChI=1S/C13H12N4O/c1-17-11(6-8-15-17)16-13(18)10-4-2-3-9-5-7-14-12(9)10/h2-8,14H,1H3,(H,16,18). The Labute approximate surface area is 103 Å². The SMILES string of the molecule is Cn1nccc1NC(=O)c1cccc2cc[nH]c12. The van der Waals surface area contributed by atoms with Gasteiger partial charge in [0.15, 0.2) is 0 Å². The van der Waals surface area contributed by atoms with E-state index in [0.29, 0.717) is 11.4 Å². The summed E-state index contributed by atoms with van der Waals surface area (Å²) >= 11 is 0. The van der Waals surface area contributed by atoms with E-state index in [-0.39, 0.29) is 5.91 Å². The lowest BCUT2D eigenvalue weighted by Crippen LogP contribution is -2.14. The molecule has 2 aromatic heterocycles. The molecule has 0 aliphatic carbocycles. The fraction of sp³-hybridized carbons (Fsp3) is 0.0769. The molecule has 3 rings (SSSR count). The number of H-pyrrole nitrogens is 1. The summed E-state index contributed by atoms with van der Waals surface area (Å²) in [6.07, 6.45) is 3.47. The average Bonchev–Trinajstić information content (AvgIpc) is 2.98. The Hall–Kier alpha value is -2.56. The maximum atomic E-state index is 12.2. The second-order valence-electron chi connectivity index (χ2n) is 4.04. The molecule has 0 atom stereocenters. The van der Waals surface area contributed by atoms with Crippen LogP contribution in [0.5, 0.6) is 0 Å². The van der Waals surface area contributed by atoms with Crippen molar-refractivity contribution in [3.8, 4) is 0 Å². The number of fused-ring (bicyclic) bond motifs is 1. The van der Waals surface area contributed by atoms with Crippen LogP contribution in [-0.2, 0) is 7.05 Å². The summed E-state index contributed by atoms with van der Waals surface area (Å²) < 4.78 is 1.62. The van der Waals surface area contributed by atoms with E-state index >= 15 is 0 Å². The second-order valence-corrected chi connectivity index (χ2v) is 4.04. The minimum atomic E-state index is -0.147. The van der Waals surface area contributed by atoms with Gasteiger partial charge in [-0.2, -0.15) is 5.10 Å². The molecule has 1 aromatic carbocycles. The normalized spacial score (nSPS) is 10.7. The molecule has 0 aliphatic rings. The highest BCUT2D eigenvalue weighted by Crippen LogP contribution is 2.18. The summed E-state index contributed by atoms with van der Waals surface area (Å²) in [7, 11) is 1.78. The lowest BCUT2D eigenvalue weighted by atomic mass is 10.1. The Kier molecular flexibility index (Phi) is 2.37. The molecule has 90 valence electrons. The lowest BCUT2D eigenvalue weighted by Gasteiger charge is -2.06. The third kappa shape index (κ3) is 1.66. The second kappa shape index (κ2) is 4.03. The Morgan fingerprint density at radius 3 is 3.00 bits per heavy atom. The molecule has 18 heavy (non-hydrogen) atoms. The Morgan fingerprint density at radius 2 is 2.22 bits per heavy atom. The van der Waals surface area contributed by atoms with Crippen LogP contribution in [0.15, 0.2) is 42.7 Å². The molecule has 0 fully saturated rings. The van der Waals surface area contributed by atoms with Crippen LogP contribution in [0.1, 0.15) is 10.4 Å². The van der Waals surface area contributed by atoms with Gasteiger partial charge in [0, 0.05) is 24.7 Å². The molecule has 2 N–H and O–H groups in total. The van der Waals surface area contributed by atoms with Crippen LogP contribution in [0.4, 0.5) is 5.82 Å². The van der Waals surface area contributed by atoms with Crippen LogP contribution < -0.4 is 5.32 Å². The minimum absolute atomic E-state index is 0.147. The number of amides is 1. The fourth-order valence-electron chi connectivity index (χ4n) is 1.95. The third-order valence-electron chi connectivity index (χ3n) is 2.89. The lowest BCUT2D eigenvalue weighted by molar-refractivity contribution is 0.102. The average molecular weight is 240 g/mol. The van der Waals surface area contributed by atoms with Gasteiger partial charge < -0.3 is 10.3 Å². The fourth-order valence-corrected chi connectivity index (χ4v) is 1.95. The van der Waals surface area contributed by atoms with E-state index in [1.165, 1.54) is 0 Å². The van der Waals surface area contributed by atoms with E-state index in [4.69, 9.17) is 0 Å². The minimum Gasteiger partial charge on any atom is -0.361 e. The zero-order valence-electron chi connectivity index (χ0n) is 9.84. The smallest absolute Gasteiger partial charge is 0.258 e. The molecule has 1 amide bonds. The molecule has 5 nitrogen and oxygen atoms in total. The van der Waals surface area contributed by atoms with Crippen LogP contribution in [0, 0.1) is 0 Å². The van der Waals surface area contributed by atoms with Gasteiger partial charge in [-0.05, 0) is 12.1 Å². The van der Waals surface area contributed by atoms with Crippen molar-refractivity contribution in [1.82, 2.24) is 14.8 Å². The molecule has 0 saturated carbocycles. The predicted octanol–water partition coefficient (Wildman–Crippen LogP) is 2.15. The van der Waals surface area contributed by atoms with E-state index in [0.717, 1.165) is 10.9 Å². The zero-order valence-corrected chi connectivity index (χ0v) is 9.84. The summed E-state index contributed by atoms with van der Waals surface area (Å²) in [5.74, 6) is 0.523. The highest BCUT2D eigenvalue weighted by atomic mass is 16.1. The van der Waals surface area contributed by atoms with Gasteiger partial charge >= 0.3 is 0 Å². The molecule has 5 heteroatoms. The maximum Gasteiger partial charge on any atom is 0.258 e. The molecular weight excluding hydrogens is 228 g/mol. The molecule has 2 heterocycles. The number of hydrogen-bond donors (Lipinski definition) is 2. The van der Waals surface area contributed by atoms with Crippen LogP contribution in [-0.4, -0.2) is 20.7 Å². The van der Waals surface area contributed by atoms with Crippen LogP contribution in [0.3, 0.4) is 0 Å². The van der Waals surface area contributed by atoms with Gasteiger partial charge in [0.05, 0.1) is 17.3 Å². The first-order chi connectivity index (χ1) is 8.75. The van der Waals surface area contributed by atoms with Crippen LogP contribution in [0.25, 0.3) is 10.9 Å². The van der Waals surface area contributed by atoms with Gasteiger partial charge in [0.2, 0.25) is 0 Å². The highest BCUT2D eigenvalue weighted by molar-refractivity contribution is 6.11. The van der Waals surface area contributed by atoms with Crippen molar-refractivity contribution in [2.75, 3.05) is 5.32 Å². The molecule has 3 aromatic rings. The van der Waals surface area contributed by atoms with Gasteiger partial charge in [0.1, 0.15) is 5.82 Å². The van der Waals surface area contributed by atoms with E-state index in [1.807, 2.05) is 24.4 Å². The van der Waals surface area contributed by atoms with Crippen molar-refractivity contribution >= 4 is 22.6 Å². The molecule has 0 unspecified atom stereocenters. The van der Waals surface area contributed by atoms with Crippen molar-refractivity contribution in [3.63, 3.8) is 0 Å². The number of hydrogen-bond acceptors (Lipinski definition) is 2. The van der Waals surface area contributed by atoms with Crippen LogP contribution >= 0.6 is 0 Å². The first kappa shape index (κ1) is 10.6. The Bertz CT molecular complexity index is 710. The monoisotopic (exact) mass is 240 g/mol. The van der Waals surface area contributed by atoms with Gasteiger partial charge in [0.25, 0.3) is 5.91 Å². The topological polar surface area (TPSA) is 62.7 Å². The van der Waals surface area contributed by atoms with E-state index in [2.05, 4.69) is 15.4 Å². The van der Waals surface area contributed by atoms with Crippen molar-refractivity contribution < 1.29 is 4.79 Å². The number of carbonyl (C=O) groups is 1. The van der Waals surface area contributed by atoms with E-state index in [9.17, 15) is 4.79 Å². The first-order valence-corrected chi connectivity index (χ1v) is 5.61. The number of aryl methyl sites for hydroxylation is 1. The molecule has 0 radical (unpaired) electrons. The summed E-state index contributed by atoms with van der Waals surface area (Å²) in [5, 5.41) is 7.86. The number of nitrogens with one attached hydrogen (secondary N) is 2. The number of rotatable bonds is 2. The Balaban J connectivity index is 1.97. The highest BCUT2D eigenvalue weighted by Gasteiger charge is 2.12. The van der Waals surface area contributed by atoms with Crippen molar-refractivity contribution in [2.24, 2.45) is 7.05 Å². The number of nitrogens with zero attached hydrogens (tertiary/aromatic N) is 2. The molecule has 0 aliphatic heterocycles. The van der Waals surface area contributed by atoms with Gasteiger partial charge in [-0.1, -0.05) is 12.1 Å². The van der Waals surface area contributed by atoms with Crippen molar-refractivity contribution in [3.05, 3.63) is 48.3 Å². The number of para-hydroxylation sites is 1. The number of aromatic nitrogens is 3. The van der Waals surface area contributed by atoms with E-state index in [1.54, 1.807) is 30.1 Å². The van der Waals surface area contributed by atoms with Crippen molar-refractivity contribution in [2.45, 2.75) is 0 Å². The number of aromatic amines is 1. The maximum absolute atomic E-state index is 12.2. The largest absolute Gasteiger partial charge is 0.361 e. The molecule has 0 bridgehead atoms. The predicted molar refractivity (Wildman–Crippen MR) is 69.5 cm³/mol. The van der Waals surface area contributed by atoms with Crippen LogP contribution in [0.2, 0.25) is 0 Å². The first-order valence-electron chi connectivity index (χ1n) is 5.61. The van der Waals surface area contributed by atoms with E-state index < -0.39 is 0 Å². The van der Waals surface area contributed by atoms with Gasteiger partial charge in [-0.15, -0.1) is 0 Å². The number of carbonyl (C=O) groups excluding carboxylic acids is 1. The summed E-state index contributed by atoms with van der Waals surface area (Å²) in [5.41, 5.74) is 1.47. The number of benzene rings is 1. The Morgan fingerprint density at radius 1 is 1.33 bits per heavy atom. The molecular formula is C13H12N4O. The van der Waals surface area contributed by atoms with Gasteiger partial charge in [-0.25, -0.2) is 0 Å². The van der Waals surface area contributed by atoms with Crippen molar-refractivity contribution in [1.29, 1.82) is 0 Å². The number of anilines is 1.